The van der Waals surface area contributed by atoms with E-state index in [0.29, 0.717) is 69.5 Å². The minimum absolute atomic E-state index is 0.158. The van der Waals surface area contributed by atoms with Gasteiger partial charge in [-0.15, -0.1) is 5.10 Å². The Hall–Kier alpha value is -6.68. The van der Waals surface area contributed by atoms with Crippen molar-refractivity contribution >= 4 is 43.2 Å². The third-order valence-electron chi connectivity index (χ3n) is 12.1. The van der Waals surface area contributed by atoms with Gasteiger partial charge in [0, 0.05) is 46.1 Å². The first-order valence-electron chi connectivity index (χ1n) is 20.7. The highest BCUT2D eigenvalue weighted by Gasteiger charge is 2.66. The number of aliphatic hydroxyl groups excluding tert-OH is 1. The third kappa shape index (κ3) is 8.59. The number of hydrogen-bond donors (Lipinski definition) is 3. The number of methoxy groups -OCH3 is 2. The van der Waals surface area contributed by atoms with Crippen molar-refractivity contribution in [1.29, 1.82) is 0 Å². The summed E-state index contributed by atoms with van der Waals surface area (Å²) in [6.45, 7) is 5.63. The normalized spacial score (nSPS) is 19.8. The van der Waals surface area contributed by atoms with Gasteiger partial charge in [-0.25, -0.2) is 0 Å². The molecule has 6 aromatic rings. The van der Waals surface area contributed by atoms with Crippen molar-refractivity contribution in [3.63, 3.8) is 0 Å². The average Bonchev–Trinajstić information content (AvgIpc) is 3.96. The molecule has 1 fully saturated rings. The van der Waals surface area contributed by atoms with Crippen LogP contribution in [0.1, 0.15) is 62.5 Å². The molecule has 1 spiro atoms. The average molecular weight is 869 g/mol. The predicted octanol–water partition coefficient (Wildman–Crippen LogP) is 8.29. The van der Waals surface area contributed by atoms with Crippen molar-refractivity contribution < 1.29 is 37.8 Å². The second-order valence-electron chi connectivity index (χ2n) is 16.5. The summed E-state index contributed by atoms with van der Waals surface area (Å²) >= 11 is 0. The number of aryl methyl sites for hydroxylation is 1. The van der Waals surface area contributed by atoms with E-state index in [9.17, 15) is 14.7 Å². The third-order valence-corrected chi connectivity index (χ3v) is 14.5. The summed E-state index contributed by atoms with van der Waals surface area (Å²) in [6, 6.07) is 35.2. The van der Waals surface area contributed by atoms with E-state index < -0.39 is 37.7 Å². The first-order valence-corrected chi connectivity index (χ1v) is 23.7. The molecule has 0 aliphatic carbocycles. The van der Waals surface area contributed by atoms with Crippen molar-refractivity contribution in [2.75, 3.05) is 29.8 Å². The van der Waals surface area contributed by atoms with E-state index in [1.54, 1.807) is 122 Å². The van der Waals surface area contributed by atoms with Crippen LogP contribution in [0.15, 0.2) is 128 Å². The number of halogens is 1. The van der Waals surface area contributed by atoms with Crippen LogP contribution >= 0.6 is 0 Å². The lowest BCUT2D eigenvalue weighted by molar-refractivity contribution is -0.146. The molecule has 63 heavy (non-hydrogen) atoms. The molecule has 5 atom stereocenters. The first kappa shape index (κ1) is 43.0. The molecule has 3 heterocycles. The number of aliphatic hydroxyl groups is 1. The summed E-state index contributed by atoms with van der Waals surface area (Å²) in [5.41, 5.74) is 2.68. The number of anilines is 3. The largest absolute Gasteiger partial charge is 0.497 e. The smallest absolute Gasteiger partial charge is 0.264 e. The number of carbonyl (C=O) groups is 3. The van der Waals surface area contributed by atoms with E-state index in [0.717, 1.165) is 5.56 Å². The Morgan fingerprint density at radius 2 is 1.44 bits per heavy atom. The van der Waals surface area contributed by atoms with Crippen molar-refractivity contribution in [3.8, 4) is 11.5 Å². The molecule has 15 heteroatoms. The Balaban J connectivity index is 1.08. The molecule has 8 rings (SSSR count). The lowest BCUT2D eigenvalue weighted by atomic mass is 9.82. The van der Waals surface area contributed by atoms with Gasteiger partial charge < -0.3 is 39.0 Å². The van der Waals surface area contributed by atoms with E-state index in [4.69, 9.17) is 14.2 Å². The van der Waals surface area contributed by atoms with Gasteiger partial charge in [-0.1, -0.05) is 54.6 Å². The number of ether oxygens (including phenoxy) is 3. The second kappa shape index (κ2) is 17.6. The Labute approximate surface area is 366 Å². The number of aromatic nitrogens is 3. The molecule has 1 saturated heterocycles. The molecule has 0 saturated carbocycles. The summed E-state index contributed by atoms with van der Waals surface area (Å²) in [5, 5.41) is 25.3. The van der Waals surface area contributed by atoms with E-state index in [2.05, 4.69) is 20.9 Å². The molecular formula is C48H49FN6O7Si. The minimum atomic E-state index is -3.53. The van der Waals surface area contributed by atoms with Gasteiger partial charge >= 0.3 is 0 Å². The van der Waals surface area contributed by atoms with E-state index in [-0.39, 0.29) is 24.3 Å². The van der Waals surface area contributed by atoms with Crippen LogP contribution in [0.5, 0.6) is 11.5 Å². The summed E-state index contributed by atoms with van der Waals surface area (Å²) in [7, 11) is -0.415. The van der Waals surface area contributed by atoms with Crippen LogP contribution in [0.2, 0.25) is 18.6 Å². The molecule has 324 valence electrons. The van der Waals surface area contributed by atoms with Gasteiger partial charge in [-0.3, -0.25) is 19.1 Å². The van der Waals surface area contributed by atoms with Crippen LogP contribution in [0.4, 0.5) is 21.2 Å². The van der Waals surface area contributed by atoms with E-state index in [1.807, 2.05) is 49.4 Å². The van der Waals surface area contributed by atoms with E-state index >= 15 is 8.90 Å². The Morgan fingerprint density at radius 3 is 2.03 bits per heavy atom. The van der Waals surface area contributed by atoms with Crippen LogP contribution in [0, 0.1) is 5.92 Å². The molecule has 3 N–H and O–H groups in total. The van der Waals surface area contributed by atoms with Crippen molar-refractivity contribution in [1.82, 2.24) is 15.0 Å². The zero-order valence-electron chi connectivity index (χ0n) is 35.6. The zero-order valence-corrected chi connectivity index (χ0v) is 36.6. The van der Waals surface area contributed by atoms with Crippen molar-refractivity contribution in [3.05, 3.63) is 161 Å². The number of nitrogens with one attached hydrogen (secondary N) is 2. The molecule has 3 amide bonds. The second-order valence-corrected chi connectivity index (χ2v) is 20.3. The molecule has 2 aliphatic heterocycles. The van der Waals surface area contributed by atoms with Gasteiger partial charge in [0.05, 0.1) is 38.8 Å². The van der Waals surface area contributed by atoms with Gasteiger partial charge in [0.2, 0.25) is 8.41 Å². The number of amides is 3. The highest BCUT2D eigenvalue weighted by molar-refractivity contribution is 6.72. The monoisotopic (exact) mass is 868 g/mol. The zero-order chi connectivity index (χ0) is 44.5. The number of benzene rings is 5. The highest BCUT2D eigenvalue weighted by Crippen LogP contribution is 2.60. The minimum Gasteiger partial charge on any atom is -0.497 e. The predicted molar refractivity (Wildman–Crippen MR) is 239 cm³/mol. The lowest BCUT2D eigenvalue weighted by Crippen LogP contribution is -2.45. The molecule has 5 aromatic carbocycles. The maximum absolute atomic E-state index is 16.7. The fraction of sp³-hybridized carbons (Fsp3) is 0.271. The fourth-order valence-corrected chi connectivity index (χ4v) is 11.5. The number of fused-ring (bicyclic) bond motifs is 2. The molecule has 2 aliphatic rings. The Morgan fingerprint density at radius 1 is 0.857 bits per heavy atom. The molecule has 0 unspecified atom stereocenters. The maximum Gasteiger partial charge on any atom is 0.264 e. The standard InChI is InChI=1S/C48H49FN6O7Si/c1-30-44(63(4,5)49)42(25-26-54-29-40(52-53-54)43(56)32-9-7-6-8-10-32)62-48(30)39-27-36(51-46(58)34-15-22-38(61-3)23-16-34)19-24-41(39)55(47(48)59)28-31-11-17-35(18-12-31)50-45(57)33-13-20-37(60-2)21-14-33/h6-24,27,29-30,42-44,56H,25-26,28H2,1-5H3,(H,50,57)(H,51,58)/t30-,42+,43+,44-,48+/m0/s1. The van der Waals surface area contributed by atoms with Crippen molar-refractivity contribution in [2.45, 2.75) is 62.9 Å². The van der Waals surface area contributed by atoms with Gasteiger partial charge in [0.25, 0.3) is 17.7 Å². The quantitative estimate of drug-likeness (QED) is 0.0724. The summed E-state index contributed by atoms with van der Waals surface area (Å²) < 4.78 is 35.8. The summed E-state index contributed by atoms with van der Waals surface area (Å²) in [4.78, 5) is 43.3. The van der Waals surface area contributed by atoms with Gasteiger partial charge in [-0.2, -0.15) is 0 Å². The SMILES string of the molecule is COc1ccc(C(=O)Nc2ccc(CN3C(=O)[C@]4(O[C@H](CCn5cc([C@H](O)c6ccccc6)nn5)[C@@H]([Si](C)(C)F)[C@@H]4C)c4cc(NC(=O)c5ccc(OC)cc5)ccc43)cc2)cc1. The first-order chi connectivity index (χ1) is 30.3. The number of nitrogens with zero attached hydrogens (tertiary/aromatic N) is 4. The number of rotatable bonds is 14. The van der Waals surface area contributed by atoms with Crippen LogP contribution in [-0.4, -0.2) is 66.6 Å². The highest BCUT2D eigenvalue weighted by atomic mass is 28.4. The molecule has 13 nitrogen and oxygen atoms in total. The van der Waals surface area contributed by atoms with Gasteiger partial charge in [0.1, 0.15) is 23.3 Å². The van der Waals surface area contributed by atoms with E-state index in [1.165, 1.54) is 0 Å². The summed E-state index contributed by atoms with van der Waals surface area (Å²) in [5.74, 6) is -0.311. The molecule has 0 radical (unpaired) electrons. The number of carbonyl (C=O) groups excluding carboxylic acids is 3. The van der Waals surface area contributed by atoms with Crippen LogP contribution in [0.3, 0.4) is 0 Å². The number of hydrogen-bond acceptors (Lipinski definition) is 9. The van der Waals surface area contributed by atoms with Crippen LogP contribution in [-0.2, 0) is 28.2 Å². The Bertz CT molecular complexity index is 2600. The molecular weight excluding hydrogens is 820 g/mol. The fourth-order valence-electron chi connectivity index (χ4n) is 8.93. The summed E-state index contributed by atoms with van der Waals surface area (Å²) in [6.07, 6.45) is 0.343. The van der Waals surface area contributed by atoms with Crippen LogP contribution in [0.25, 0.3) is 0 Å². The van der Waals surface area contributed by atoms with Gasteiger partial charge in [-0.05, 0) is 110 Å². The molecule has 0 bridgehead atoms. The van der Waals surface area contributed by atoms with Gasteiger partial charge in [0.15, 0.2) is 5.60 Å². The Kier molecular flexibility index (Phi) is 12.0. The van der Waals surface area contributed by atoms with Crippen molar-refractivity contribution in [2.24, 2.45) is 5.92 Å². The lowest BCUT2D eigenvalue weighted by Gasteiger charge is -2.31. The topological polar surface area (TPSA) is 157 Å². The van der Waals surface area contributed by atoms with Crippen LogP contribution < -0.4 is 25.0 Å². The maximum atomic E-state index is 16.7. The molecule has 1 aromatic heterocycles.